The van der Waals surface area contributed by atoms with Gasteiger partial charge in [0.05, 0.1) is 19.6 Å². The molecule has 0 radical (unpaired) electrons. The standard InChI is InChI=1S/C26H42N2O37S5.C4H5Cl3O/c1-4(30)27-7-9(31)13(6(56-23(7)39)3-55-67(43,44)45)58-26-19(65-70(52,53)54)12(34)16(20(62-26)22(37)38)60-24-8(28-66(40,41)42)15(63-68(46,47)48)14(5(2-29)57-24)59-25-18(64-69(49,50)51)11(33)10(32)17(61-25)21(35)36;1-3(8)2-4(5,6)7/h5-20,23-26,28-29,31-34,39H,2-3H2,1H3,(H,27,30)(H,35,36)(H,37,38)(H,40,41,42)(H,43,44,45)(H,46,47,48)(H,49,50,51)(H,52,53,54);2H2,1H3/t5-,6+,7-,8-,9-,10-,11-,12+,13-,14-,15-,16+,17-,18+,19-,20+,23-,24+,25+,26-;/m1./s1. The molecule has 4 heterocycles. The van der Waals surface area contributed by atoms with Gasteiger partial charge in [-0.3, -0.25) is 32.4 Å². The Morgan fingerprint density at radius 3 is 1.41 bits per heavy atom. The molecule has 78 heavy (non-hydrogen) atoms. The van der Waals surface area contributed by atoms with Crippen LogP contribution in [-0.4, -0.2) is 269 Å². The van der Waals surface area contributed by atoms with Gasteiger partial charge in [0, 0.05) is 6.92 Å². The average molecular weight is 1310 g/mol. The summed E-state index contributed by atoms with van der Waals surface area (Å²) in [7, 11) is -29.1. The number of alkyl halides is 3. The molecule has 0 spiro atoms. The molecule has 0 aliphatic carbocycles. The number of carbonyl (C=O) groups is 4. The minimum atomic E-state index is -6.09. The highest BCUT2D eigenvalue weighted by Crippen LogP contribution is 2.38. The van der Waals surface area contributed by atoms with E-state index in [-0.39, 0.29) is 12.2 Å². The highest BCUT2D eigenvalue weighted by Gasteiger charge is 2.60. The van der Waals surface area contributed by atoms with Crippen molar-refractivity contribution < 1.29 is 175 Å². The molecule has 0 saturated carbocycles. The average Bonchev–Trinajstić information content (AvgIpc) is 3.23. The van der Waals surface area contributed by atoms with Crippen LogP contribution in [0.2, 0.25) is 0 Å². The van der Waals surface area contributed by atoms with Crippen LogP contribution in [0.25, 0.3) is 0 Å². The molecule has 0 unspecified atom stereocenters. The molecule has 4 fully saturated rings. The summed E-state index contributed by atoms with van der Waals surface area (Å²) in [5.74, 6) is -5.61. The SMILES string of the molecule is CC(=O)CC(Cl)(Cl)Cl.CC(=O)N[C@@H]1[C@@H](O)[C@H](O[C@@H]2O[C@H](C(=O)O)[C@@H](O[C@@H]3O[C@H](CO)[C@@H](O[C@H]4O[C@@H](C(=O)O)[C@H](O)[C@@H](O)[C@@H]4OS(=O)(=O)O)[C@H](OS(=O)(=O)O)[C@H]3NS(=O)(=O)O)[C@H](O)[C@H]2OS(=O)(=O)O)[C@H](COS(=O)(=O)O)O[C@H]1O. The number of amides is 1. The Kier molecular flexibility index (Phi) is 24.6. The lowest BCUT2D eigenvalue weighted by Gasteiger charge is -2.50. The molecule has 48 heteroatoms. The van der Waals surface area contributed by atoms with Crippen molar-refractivity contribution in [1.82, 2.24) is 10.0 Å². The minimum Gasteiger partial charge on any atom is -0.479 e. The number of Topliss-reactive ketones (excluding diaryl/α,β-unsaturated/α-hetero) is 1. The van der Waals surface area contributed by atoms with Crippen molar-refractivity contribution >= 4 is 110 Å². The summed E-state index contributed by atoms with van der Waals surface area (Å²) in [5.41, 5.74) is 0. The molecule has 4 saturated heterocycles. The zero-order valence-electron chi connectivity index (χ0n) is 38.4. The molecule has 40 nitrogen and oxygen atoms in total. The Labute approximate surface area is 453 Å². The fraction of sp³-hybridized carbons (Fsp3) is 0.867. The predicted octanol–water partition coefficient (Wildman–Crippen LogP) is -8.38. The molecule has 15 N–H and O–H groups in total. The normalized spacial score (nSPS) is 36.4. The lowest BCUT2D eigenvalue weighted by atomic mass is 9.94. The number of carbonyl (C=O) groups excluding carboxylic acids is 2. The summed E-state index contributed by atoms with van der Waals surface area (Å²) in [5, 5.41) is 86.0. The third-order valence-corrected chi connectivity index (χ3v) is 12.9. The van der Waals surface area contributed by atoms with E-state index in [0.29, 0.717) is 0 Å². The Balaban J connectivity index is 0.00000184. The van der Waals surface area contributed by atoms with Crippen molar-refractivity contribution in [2.45, 2.75) is 147 Å². The lowest BCUT2D eigenvalue weighted by molar-refractivity contribution is -0.366. The highest BCUT2D eigenvalue weighted by atomic mass is 35.6. The van der Waals surface area contributed by atoms with E-state index in [2.05, 4.69) is 16.7 Å². The predicted molar refractivity (Wildman–Crippen MR) is 236 cm³/mol. The third kappa shape index (κ3) is 21.5. The number of rotatable bonds is 22. The number of aliphatic hydroxyl groups is 6. The Bertz CT molecular complexity index is 2680. The molecule has 456 valence electrons. The maximum atomic E-state index is 12.7. The van der Waals surface area contributed by atoms with Gasteiger partial charge in [-0.05, 0) is 6.92 Å². The van der Waals surface area contributed by atoms with E-state index in [1.165, 1.54) is 11.6 Å². The quantitative estimate of drug-likeness (QED) is 0.0354. The van der Waals surface area contributed by atoms with Crippen LogP contribution in [-0.2, 0) is 121 Å². The van der Waals surface area contributed by atoms with E-state index < -0.39 is 209 Å². The van der Waals surface area contributed by atoms with E-state index in [1.807, 2.05) is 5.32 Å². The van der Waals surface area contributed by atoms with Gasteiger partial charge in [0.1, 0.15) is 78.9 Å². The van der Waals surface area contributed by atoms with Crippen LogP contribution in [0.3, 0.4) is 0 Å². The smallest absolute Gasteiger partial charge is 0.397 e. The molecule has 4 aliphatic heterocycles. The van der Waals surface area contributed by atoms with Gasteiger partial charge in [-0.1, -0.05) is 34.8 Å². The van der Waals surface area contributed by atoms with E-state index >= 15 is 0 Å². The second kappa shape index (κ2) is 27.4. The van der Waals surface area contributed by atoms with Gasteiger partial charge in [-0.25, -0.2) is 26.3 Å². The number of hydrogen-bond donors (Lipinski definition) is 15. The van der Waals surface area contributed by atoms with E-state index in [9.17, 15) is 120 Å². The molecular weight excluding hydrogens is 1260 g/mol. The second-order valence-corrected chi connectivity index (χ2v) is 24.0. The van der Waals surface area contributed by atoms with Crippen LogP contribution in [0.15, 0.2) is 0 Å². The zero-order chi connectivity index (χ0) is 60.2. The summed E-state index contributed by atoms with van der Waals surface area (Å²) >= 11 is 15.7. The van der Waals surface area contributed by atoms with Crippen molar-refractivity contribution in [3.8, 4) is 0 Å². The van der Waals surface area contributed by atoms with Crippen molar-refractivity contribution in [2.24, 2.45) is 0 Å². The van der Waals surface area contributed by atoms with Crippen LogP contribution in [0, 0.1) is 0 Å². The second-order valence-electron chi connectivity index (χ2n) is 16.1. The van der Waals surface area contributed by atoms with E-state index in [4.69, 9.17) is 72.5 Å². The van der Waals surface area contributed by atoms with Crippen molar-refractivity contribution in [1.29, 1.82) is 0 Å². The number of ketones is 1. The first kappa shape index (κ1) is 70.0. The first-order valence-electron chi connectivity index (χ1n) is 20.4. The number of hydrogen-bond acceptors (Lipinski definition) is 31. The third-order valence-electron chi connectivity index (χ3n) is 10.1. The van der Waals surface area contributed by atoms with Crippen molar-refractivity contribution in [3.05, 3.63) is 0 Å². The minimum absolute atomic E-state index is 0.0162. The Morgan fingerprint density at radius 2 is 1.00 bits per heavy atom. The van der Waals surface area contributed by atoms with Gasteiger partial charge in [0.2, 0.25) is 5.91 Å². The number of nitrogens with one attached hydrogen (secondary N) is 2. The van der Waals surface area contributed by atoms with Gasteiger partial charge in [0.15, 0.2) is 53.4 Å². The summed E-state index contributed by atoms with van der Waals surface area (Å²) in [6.45, 7) is -0.863. The first-order valence-corrected chi connectivity index (χ1v) is 28.5. The first-order chi connectivity index (χ1) is 35.2. The Hall–Kier alpha value is -2.22. The molecule has 0 bridgehead atoms. The zero-order valence-corrected chi connectivity index (χ0v) is 44.7. The van der Waals surface area contributed by atoms with Gasteiger partial charge in [0.25, 0.3) is 0 Å². The largest absolute Gasteiger partial charge is 0.479 e. The van der Waals surface area contributed by atoms with Crippen LogP contribution < -0.4 is 10.0 Å². The molecular formula is C30H47Cl3N2O38S5. The van der Waals surface area contributed by atoms with Crippen molar-refractivity contribution in [3.63, 3.8) is 0 Å². The van der Waals surface area contributed by atoms with Gasteiger partial charge < -0.3 is 79.3 Å². The molecule has 0 aromatic heterocycles. The molecule has 4 aliphatic rings. The number of carboxylic acids is 2. The van der Waals surface area contributed by atoms with Gasteiger partial charge in [-0.15, -0.1) is 0 Å². The number of aliphatic carboxylic acids is 2. The summed E-state index contributed by atoms with van der Waals surface area (Å²) in [4.78, 5) is 46.6. The number of halogens is 3. The Morgan fingerprint density at radius 1 is 0.538 bits per heavy atom. The summed E-state index contributed by atoms with van der Waals surface area (Å²) < 4.78 is 221. The topological polar surface area (TPSA) is 628 Å². The number of carboxylic acid groups (broad SMARTS) is 2. The number of ether oxygens (including phenoxy) is 7. The van der Waals surface area contributed by atoms with Crippen LogP contribution >= 0.6 is 34.8 Å². The molecule has 4 rings (SSSR count). The van der Waals surface area contributed by atoms with Gasteiger partial charge >= 0.3 is 63.8 Å². The highest BCUT2D eigenvalue weighted by molar-refractivity contribution is 7.83. The van der Waals surface area contributed by atoms with Crippen LogP contribution in [0.4, 0.5) is 0 Å². The molecule has 20 atom stereocenters. The van der Waals surface area contributed by atoms with E-state index in [0.717, 1.165) is 6.92 Å². The summed E-state index contributed by atoms with van der Waals surface area (Å²) in [6.07, 6.45) is -49.1. The van der Waals surface area contributed by atoms with E-state index in [1.54, 1.807) is 0 Å². The lowest BCUT2D eigenvalue weighted by Crippen LogP contribution is -2.71. The van der Waals surface area contributed by atoms with Crippen LogP contribution in [0.5, 0.6) is 0 Å². The molecule has 1 amide bonds. The fourth-order valence-corrected chi connectivity index (χ4v) is 10.3. The summed E-state index contributed by atoms with van der Waals surface area (Å²) in [6, 6.07) is -4.96. The maximum absolute atomic E-state index is 12.7. The molecule has 0 aromatic rings. The van der Waals surface area contributed by atoms with Crippen LogP contribution in [0.1, 0.15) is 20.3 Å². The fourth-order valence-electron chi connectivity index (χ4n) is 7.33. The monoisotopic (exact) mass is 1310 g/mol. The number of aliphatic hydroxyl groups excluding tert-OH is 6. The maximum Gasteiger partial charge on any atom is 0.397 e. The molecule has 0 aromatic carbocycles. The van der Waals surface area contributed by atoms with Crippen molar-refractivity contribution in [2.75, 3.05) is 13.2 Å². The van der Waals surface area contributed by atoms with Gasteiger partial charge in [-0.2, -0.15) is 46.8 Å².